The summed E-state index contributed by atoms with van der Waals surface area (Å²) in [5.74, 6) is 1.90. The van der Waals surface area contributed by atoms with Crippen LogP contribution in [0, 0.1) is 17.4 Å². The van der Waals surface area contributed by atoms with E-state index in [1.807, 2.05) is 18.2 Å². The summed E-state index contributed by atoms with van der Waals surface area (Å²) in [5.41, 5.74) is 0. The first-order valence-electron chi connectivity index (χ1n) is 8.74. The van der Waals surface area contributed by atoms with Crippen LogP contribution < -0.4 is 20.5 Å². The van der Waals surface area contributed by atoms with Crippen LogP contribution in [-0.4, -0.2) is 51.7 Å². The van der Waals surface area contributed by atoms with E-state index < -0.39 is 10.3 Å². The van der Waals surface area contributed by atoms with E-state index in [-0.39, 0.29) is 13.3 Å². The van der Waals surface area contributed by atoms with Gasteiger partial charge in [-0.1, -0.05) is 6.07 Å². The second-order valence-electron chi connectivity index (χ2n) is 6.54. The number of benzene rings is 1. The van der Waals surface area contributed by atoms with Crippen LogP contribution in [0.15, 0.2) is 23.2 Å². The lowest BCUT2D eigenvalue weighted by molar-refractivity contribution is 0.194. The zero-order chi connectivity index (χ0) is 19.4. The van der Waals surface area contributed by atoms with Crippen molar-refractivity contribution in [3.8, 4) is 11.9 Å². The first-order valence-corrected chi connectivity index (χ1v) is 10.2. The third kappa shape index (κ3) is 4.50. The van der Waals surface area contributed by atoms with Crippen LogP contribution in [0.5, 0.6) is 5.75 Å². The minimum absolute atomic E-state index is 0.101. The van der Waals surface area contributed by atoms with Crippen molar-refractivity contribution in [1.29, 1.82) is 5.26 Å². The quantitative estimate of drug-likeness (QED) is 0.644. The molecule has 9 nitrogen and oxygen atoms in total. The number of hydrogen-bond donors (Lipinski definition) is 1. The van der Waals surface area contributed by atoms with Crippen LogP contribution in [0.25, 0.3) is 5.82 Å². The number of rotatable bonds is 6. The molecule has 0 unspecified atom stereocenters. The number of ether oxygens (including phenoxy) is 1. The summed E-state index contributed by atoms with van der Waals surface area (Å²) in [6.45, 7) is 1.90. The molecular weight excluding hydrogens is 370 g/mol. The predicted octanol–water partition coefficient (Wildman–Crippen LogP) is -0.543. The zero-order valence-corrected chi connectivity index (χ0v) is 16.0. The van der Waals surface area contributed by atoms with E-state index in [1.165, 1.54) is 0 Å². The summed E-state index contributed by atoms with van der Waals surface area (Å²) < 4.78 is 31.8. The van der Waals surface area contributed by atoms with E-state index >= 15 is 0 Å². The maximum absolute atomic E-state index is 10.9. The molecule has 10 heteroatoms. The van der Waals surface area contributed by atoms with Crippen LogP contribution in [-0.2, 0) is 14.5 Å². The van der Waals surface area contributed by atoms with Crippen molar-refractivity contribution in [1.82, 2.24) is 9.80 Å². The van der Waals surface area contributed by atoms with Crippen LogP contribution in [0.4, 0.5) is 0 Å². The predicted molar refractivity (Wildman–Crippen MR) is 97.5 cm³/mol. The van der Waals surface area contributed by atoms with E-state index in [2.05, 4.69) is 20.3 Å². The summed E-state index contributed by atoms with van der Waals surface area (Å²) in [6, 6.07) is 5.71. The van der Waals surface area contributed by atoms with Gasteiger partial charge in [-0.15, -0.1) is 0 Å². The Hall–Kier alpha value is -2.35. The number of fused-ring (bicyclic) bond motifs is 1. The number of para-hydroxylation sites is 1. The van der Waals surface area contributed by atoms with Crippen LogP contribution in [0.3, 0.4) is 0 Å². The molecule has 2 aliphatic rings. The number of methoxy groups -OCH3 is 1. The van der Waals surface area contributed by atoms with Gasteiger partial charge >= 0.3 is 10.3 Å². The van der Waals surface area contributed by atoms with Gasteiger partial charge in [-0.2, -0.15) is 13.7 Å². The van der Waals surface area contributed by atoms with Crippen LogP contribution in [0.1, 0.15) is 19.3 Å². The number of likely N-dealkylation sites (tertiary alicyclic amines) is 1. The second kappa shape index (κ2) is 8.12. The molecule has 1 aromatic rings. The van der Waals surface area contributed by atoms with E-state index in [9.17, 15) is 13.7 Å². The van der Waals surface area contributed by atoms with Crippen molar-refractivity contribution in [2.24, 2.45) is 16.0 Å². The van der Waals surface area contributed by atoms with Crippen molar-refractivity contribution in [2.45, 2.75) is 19.3 Å². The fourth-order valence-corrected chi connectivity index (χ4v) is 3.90. The largest absolute Gasteiger partial charge is 0.494 e. The third-order valence-corrected chi connectivity index (χ3v) is 5.39. The van der Waals surface area contributed by atoms with E-state index in [1.54, 1.807) is 12.0 Å². The molecule has 0 atom stereocenters. The number of nitrogens with two attached hydrogens (primary N) is 1. The smallest absolute Gasteiger partial charge is 0.333 e. The first kappa shape index (κ1) is 19.4. The summed E-state index contributed by atoms with van der Waals surface area (Å²) in [5, 5.41) is 16.0. The highest BCUT2D eigenvalue weighted by molar-refractivity contribution is 7.84. The minimum atomic E-state index is -3.88. The number of piperidine rings is 1. The minimum Gasteiger partial charge on any atom is -0.494 e. The van der Waals surface area contributed by atoms with Crippen LogP contribution >= 0.6 is 0 Å². The lowest BCUT2D eigenvalue weighted by Gasteiger charge is -2.38. The van der Waals surface area contributed by atoms with Gasteiger partial charge in [0.15, 0.2) is 6.19 Å². The molecule has 0 saturated carbocycles. The van der Waals surface area contributed by atoms with Gasteiger partial charge < -0.3 is 9.64 Å². The van der Waals surface area contributed by atoms with Gasteiger partial charge in [0, 0.05) is 18.3 Å². The second-order valence-corrected chi connectivity index (χ2v) is 7.76. The van der Waals surface area contributed by atoms with Crippen molar-refractivity contribution in [2.75, 3.05) is 33.5 Å². The molecule has 146 valence electrons. The molecule has 3 rings (SSSR count). The molecular formula is C17H23N5O4S. The Morgan fingerprint density at radius 3 is 2.74 bits per heavy atom. The highest BCUT2D eigenvalue weighted by Gasteiger charge is 2.26. The maximum Gasteiger partial charge on any atom is 0.333 e. The molecule has 0 aliphatic carbocycles. The molecule has 2 heterocycles. The third-order valence-electron chi connectivity index (χ3n) is 4.89. The average Bonchev–Trinajstić information content (AvgIpc) is 2.66. The topological polar surface area (TPSA) is 121 Å². The van der Waals surface area contributed by atoms with Crippen molar-refractivity contribution < 1.29 is 17.3 Å². The molecule has 0 aromatic heterocycles. The molecule has 1 fully saturated rings. The SMILES string of the molecule is COc1cccc2c1=NCN(C#N)C=2N1CCC(CCOS(N)(=O)=O)CC1. The normalized spacial score (nSPS) is 17.9. The Balaban J connectivity index is 1.77. The fraction of sp³-hybridized carbons (Fsp3) is 0.529. The standard InChI is InChI=1S/C17H23N5O4S/c1-25-15-4-2-3-14-16(15)20-12-22(11-18)17(14)21-8-5-13(6-9-21)7-10-26-27(19,23)24/h2-4,13H,5-10,12H2,1H3,(H2,19,23,24). The van der Waals surface area contributed by atoms with Crippen LogP contribution in [0.2, 0.25) is 0 Å². The molecule has 0 spiro atoms. The Labute approximate surface area is 158 Å². The van der Waals surface area contributed by atoms with E-state index in [4.69, 9.17) is 9.88 Å². The monoisotopic (exact) mass is 393 g/mol. The van der Waals surface area contributed by atoms with Crippen molar-refractivity contribution in [3.05, 3.63) is 28.8 Å². The Morgan fingerprint density at radius 2 is 2.11 bits per heavy atom. The number of nitriles is 1. The Kier molecular flexibility index (Phi) is 5.84. The Bertz CT molecular complexity index is 949. The molecule has 0 radical (unpaired) electrons. The lowest BCUT2D eigenvalue weighted by Crippen LogP contribution is -2.47. The molecule has 2 aliphatic heterocycles. The summed E-state index contributed by atoms with van der Waals surface area (Å²) in [4.78, 5) is 8.26. The summed E-state index contributed by atoms with van der Waals surface area (Å²) >= 11 is 0. The lowest BCUT2D eigenvalue weighted by atomic mass is 9.94. The van der Waals surface area contributed by atoms with Gasteiger partial charge in [0.25, 0.3) is 0 Å². The van der Waals surface area contributed by atoms with Gasteiger partial charge in [-0.3, -0.25) is 9.18 Å². The first-order chi connectivity index (χ1) is 12.9. The Morgan fingerprint density at radius 1 is 1.37 bits per heavy atom. The molecule has 1 aromatic carbocycles. The van der Waals surface area contributed by atoms with Gasteiger partial charge in [-0.25, -0.2) is 10.0 Å². The highest BCUT2D eigenvalue weighted by Crippen LogP contribution is 2.25. The number of nitrogens with zero attached hydrogens (tertiary/aromatic N) is 4. The van der Waals surface area contributed by atoms with E-state index in [0.29, 0.717) is 18.1 Å². The molecule has 0 amide bonds. The summed E-state index contributed by atoms with van der Waals surface area (Å²) in [6.07, 6.45) is 4.62. The molecule has 0 bridgehead atoms. The molecule has 1 saturated heterocycles. The average molecular weight is 393 g/mol. The van der Waals surface area contributed by atoms with Gasteiger partial charge in [0.05, 0.1) is 13.7 Å². The van der Waals surface area contributed by atoms with Gasteiger partial charge in [0.2, 0.25) is 0 Å². The van der Waals surface area contributed by atoms with Crippen molar-refractivity contribution in [3.63, 3.8) is 0 Å². The highest BCUT2D eigenvalue weighted by atomic mass is 32.2. The number of hydrogen-bond acceptors (Lipinski definition) is 8. The molecule has 27 heavy (non-hydrogen) atoms. The maximum atomic E-state index is 10.9. The van der Waals surface area contributed by atoms with Gasteiger partial charge in [-0.05, 0) is 37.3 Å². The fourth-order valence-electron chi connectivity index (χ4n) is 3.57. The zero-order valence-electron chi connectivity index (χ0n) is 15.2. The van der Waals surface area contributed by atoms with Crippen molar-refractivity contribution >= 4 is 16.1 Å². The summed E-state index contributed by atoms with van der Waals surface area (Å²) in [7, 11) is -2.28. The van der Waals surface area contributed by atoms with E-state index in [0.717, 1.165) is 42.3 Å². The van der Waals surface area contributed by atoms with Gasteiger partial charge in [0.1, 0.15) is 23.6 Å². The molecule has 2 N–H and O–H groups in total.